The van der Waals surface area contributed by atoms with E-state index in [2.05, 4.69) is 4.98 Å². The molecule has 3 aromatic rings. The van der Waals surface area contributed by atoms with E-state index in [-0.39, 0.29) is 11.5 Å². The topological polar surface area (TPSA) is 54.6 Å². The van der Waals surface area contributed by atoms with E-state index in [1.165, 1.54) is 18.3 Å². The molecule has 0 aliphatic rings. The number of hydrogen-bond acceptors (Lipinski definition) is 2. The summed E-state index contributed by atoms with van der Waals surface area (Å²) in [5.41, 5.74) is 2.24. The molecular formula is C14H9FN2O2. The van der Waals surface area contributed by atoms with Crippen molar-refractivity contribution in [3.05, 3.63) is 60.3 Å². The molecule has 0 saturated heterocycles. The van der Waals surface area contributed by atoms with Gasteiger partial charge in [-0.15, -0.1) is 0 Å². The number of rotatable bonds is 2. The Morgan fingerprint density at radius 3 is 2.58 bits per heavy atom. The zero-order valence-electron chi connectivity index (χ0n) is 9.75. The van der Waals surface area contributed by atoms with Gasteiger partial charge in [-0.25, -0.2) is 14.2 Å². The van der Waals surface area contributed by atoms with Crippen LogP contribution in [0.3, 0.4) is 0 Å². The molecule has 19 heavy (non-hydrogen) atoms. The maximum absolute atomic E-state index is 12.9. The SMILES string of the molecule is O=C(O)c1cn2ccc(-c3ccc(F)cc3)cc2n1. The van der Waals surface area contributed by atoms with Crippen LogP contribution in [-0.4, -0.2) is 20.5 Å². The number of halogens is 1. The summed E-state index contributed by atoms with van der Waals surface area (Å²) in [6, 6.07) is 9.69. The van der Waals surface area contributed by atoms with Crippen molar-refractivity contribution in [1.82, 2.24) is 9.38 Å². The maximum atomic E-state index is 12.9. The van der Waals surface area contributed by atoms with Gasteiger partial charge >= 0.3 is 5.97 Å². The summed E-state index contributed by atoms with van der Waals surface area (Å²) < 4.78 is 14.5. The third kappa shape index (κ3) is 2.06. The van der Waals surface area contributed by atoms with E-state index < -0.39 is 5.97 Å². The molecule has 0 unspecified atom stereocenters. The molecule has 0 bridgehead atoms. The van der Waals surface area contributed by atoms with Crippen molar-refractivity contribution in [2.75, 3.05) is 0 Å². The van der Waals surface area contributed by atoms with Gasteiger partial charge in [0.15, 0.2) is 5.69 Å². The smallest absolute Gasteiger partial charge is 0.356 e. The fourth-order valence-corrected chi connectivity index (χ4v) is 1.91. The first-order chi connectivity index (χ1) is 9.13. The molecule has 94 valence electrons. The average Bonchev–Trinajstić information content (AvgIpc) is 2.82. The number of pyridine rings is 1. The number of carboxylic acids is 1. The number of fused-ring (bicyclic) bond motifs is 1. The van der Waals surface area contributed by atoms with Gasteiger partial charge in [0.2, 0.25) is 0 Å². The lowest BCUT2D eigenvalue weighted by molar-refractivity contribution is 0.0691. The van der Waals surface area contributed by atoms with E-state index in [4.69, 9.17) is 5.11 Å². The fourth-order valence-electron chi connectivity index (χ4n) is 1.91. The number of carbonyl (C=O) groups is 1. The van der Waals surface area contributed by atoms with Crippen LogP contribution in [0.1, 0.15) is 10.5 Å². The Hall–Kier alpha value is -2.69. The van der Waals surface area contributed by atoms with Crippen molar-refractivity contribution in [1.29, 1.82) is 0 Å². The summed E-state index contributed by atoms with van der Waals surface area (Å²) >= 11 is 0. The number of nitrogens with zero attached hydrogens (tertiary/aromatic N) is 2. The summed E-state index contributed by atoms with van der Waals surface area (Å²) in [5, 5.41) is 8.89. The number of aromatic carboxylic acids is 1. The molecular weight excluding hydrogens is 247 g/mol. The van der Waals surface area contributed by atoms with Crippen LogP contribution in [0, 0.1) is 5.82 Å². The third-order valence-electron chi connectivity index (χ3n) is 2.86. The van der Waals surface area contributed by atoms with Crippen LogP contribution in [0.5, 0.6) is 0 Å². The summed E-state index contributed by atoms with van der Waals surface area (Å²) in [4.78, 5) is 14.9. The Labute approximate surface area is 107 Å². The van der Waals surface area contributed by atoms with Crippen molar-refractivity contribution in [2.24, 2.45) is 0 Å². The molecule has 1 aromatic carbocycles. The Bertz CT molecular complexity index is 763. The lowest BCUT2D eigenvalue weighted by atomic mass is 10.1. The van der Waals surface area contributed by atoms with Gasteiger partial charge in [0.25, 0.3) is 0 Å². The van der Waals surface area contributed by atoms with Crippen molar-refractivity contribution in [2.45, 2.75) is 0 Å². The number of hydrogen-bond donors (Lipinski definition) is 1. The van der Waals surface area contributed by atoms with Crippen LogP contribution in [-0.2, 0) is 0 Å². The molecule has 0 radical (unpaired) electrons. The highest BCUT2D eigenvalue weighted by Crippen LogP contribution is 2.21. The summed E-state index contributed by atoms with van der Waals surface area (Å²) in [6.07, 6.45) is 3.18. The van der Waals surface area contributed by atoms with E-state index in [1.807, 2.05) is 6.07 Å². The van der Waals surface area contributed by atoms with Crippen LogP contribution in [0.15, 0.2) is 48.8 Å². The first-order valence-electron chi connectivity index (χ1n) is 5.61. The average molecular weight is 256 g/mol. The normalized spacial score (nSPS) is 10.8. The van der Waals surface area contributed by atoms with E-state index >= 15 is 0 Å². The monoisotopic (exact) mass is 256 g/mol. The summed E-state index contributed by atoms with van der Waals surface area (Å²) in [7, 11) is 0. The van der Waals surface area contributed by atoms with Gasteiger partial charge in [-0.1, -0.05) is 12.1 Å². The largest absolute Gasteiger partial charge is 0.476 e. The van der Waals surface area contributed by atoms with Crippen molar-refractivity contribution >= 4 is 11.6 Å². The van der Waals surface area contributed by atoms with Gasteiger partial charge in [-0.2, -0.15) is 0 Å². The molecule has 0 aliphatic carbocycles. The highest BCUT2D eigenvalue weighted by Gasteiger charge is 2.09. The minimum absolute atomic E-state index is 0.00347. The van der Waals surface area contributed by atoms with Crippen LogP contribution >= 0.6 is 0 Å². The van der Waals surface area contributed by atoms with E-state index in [0.717, 1.165) is 11.1 Å². The first-order valence-corrected chi connectivity index (χ1v) is 5.61. The first kappa shape index (κ1) is 11.4. The predicted octanol–water partition coefficient (Wildman–Crippen LogP) is 2.84. The summed E-state index contributed by atoms with van der Waals surface area (Å²) in [6.45, 7) is 0. The van der Waals surface area contributed by atoms with Crippen LogP contribution < -0.4 is 0 Å². The molecule has 3 rings (SSSR count). The van der Waals surface area contributed by atoms with Crippen LogP contribution in [0.25, 0.3) is 16.8 Å². The number of aromatic nitrogens is 2. The van der Waals surface area contributed by atoms with Gasteiger partial charge in [-0.05, 0) is 35.4 Å². The summed E-state index contributed by atoms with van der Waals surface area (Å²) in [5.74, 6) is -1.36. The molecule has 0 amide bonds. The molecule has 4 nitrogen and oxygen atoms in total. The molecule has 2 heterocycles. The van der Waals surface area contributed by atoms with Crippen LogP contribution in [0.4, 0.5) is 4.39 Å². The van der Waals surface area contributed by atoms with E-state index in [9.17, 15) is 9.18 Å². The minimum atomic E-state index is -1.06. The lowest BCUT2D eigenvalue weighted by Gasteiger charge is -2.02. The molecule has 0 saturated carbocycles. The Morgan fingerprint density at radius 2 is 1.89 bits per heavy atom. The zero-order chi connectivity index (χ0) is 13.4. The van der Waals surface area contributed by atoms with Crippen molar-refractivity contribution in [3.63, 3.8) is 0 Å². The molecule has 0 fully saturated rings. The number of imidazole rings is 1. The van der Waals surface area contributed by atoms with Gasteiger partial charge in [-0.3, -0.25) is 0 Å². The molecule has 0 atom stereocenters. The molecule has 1 N–H and O–H groups in total. The number of carboxylic acid groups (broad SMARTS) is 1. The maximum Gasteiger partial charge on any atom is 0.356 e. The quantitative estimate of drug-likeness (QED) is 0.767. The molecule has 2 aromatic heterocycles. The van der Waals surface area contributed by atoms with E-state index in [0.29, 0.717) is 5.65 Å². The van der Waals surface area contributed by atoms with Crippen molar-refractivity contribution < 1.29 is 14.3 Å². The van der Waals surface area contributed by atoms with Gasteiger partial charge in [0, 0.05) is 12.4 Å². The molecule has 0 spiro atoms. The van der Waals surface area contributed by atoms with Crippen LogP contribution in [0.2, 0.25) is 0 Å². The van der Waals surface area contributed by atoms with Gasteiger partial charge in [0.1, 0.15) is 11.5 Å². The molecule has 0 aliphatic heterocycles. The fraction of sp³-hybridized carbons (Fsp3) is 0. The highest BCUT2D eigenvalue weighted by molar-refractivity contribution is 5.86. The Morgan fingerprint density at radius 1 is 1.16 bits per heavy atom. The second-order valence-electron chi connectivity index (χ2n) is 4.12. The lowest BCUT2D eigenvalue weighted by Crippen LogP contribution is -1.94. The van der Waals surface area contributed by atoms with Gasteiger partial charge in [0.05, 0.1) is 0 Å². The Balaban J connectivity index is 2.10. The zero-order valence-corrected chi connectivity index (χ0v) is 9.75. The molecule has 5 heteroatoms. The third-order valence-corrected chi connectivity index (χ3v) is 2.86. The van der Waals surface area contributed by atoms with E-state index in [1.54, 1.807) is 28.8 Å². The predicted molar refractivity (Wildman–Crippen MR) is 67.5 cm³/mol. The second-order valence-corrected chi connectivity index (χ2v) is 4.12. The van der Waals surface area contributed by atoms with Crippen molar-refractivity contribution in [3.8, 4) is 11.1 Å². The minimum Gasteiger partial charge on any atom is -0.476 e. The standard InChI is InChI=1S/C14H9FN2O2/c15-11-3-1-9(2-4-11)10-5-6-17-8-12(14(18)19)16-13(17)7-10/h1-8H,(H,18,19). The Kier molecular flexibility index (Phi) is 2.52. The second kappa shape index (κ2) is 4.20. The highest BCUT2D eigenvalue weighted by atomic mass is 19.1. The van der Waals surface area contributed by atoms with Gasteiger partial charge < -0.3 is 9.51 Å². The number of benzene rings is 1.